The molecule has 2 rings (SSSR count). The maximum atomic E-state index is 11.9. The number of halogens is 2. The molecule has 0 aromatic heterocycles. The number of hydrogen-bond donors (Lipinski definition) is 2. The maximum absolute atomic E-state index is 11.9. The third-order valence-corrected chi connectivity index (χ3v) is 4.43. The van der Waals surface area contributed by atoms with Crippen molar-refractivity contribution in [1.82, 2.24) is 5.43 Å². The van der Waals surface area contributed by atoms with Crippen LogP contribution in [0.1, 0.15) is 46.0 Å². The number of nitrogens with one attached hydrogen (secondary N) is 2. The molecule has 6 nitrogen and oxygen atoms in total. The van der Waals surface area contributed by atoms with Crippen LogP contribution in [0.25, 0.3) is 0 Å². The Balaban J connectivity index is 1.80. The van der Waals surface area contributed by atoms with E-state index < -0.39 is 0 Å². The van der Waals surface area contributed by atoms with Gasteiger partial charge in [0.2, 0.25) is 11.8 Å². The van der Waals surface area contributed by atoms with E-state index in [1.165, 1.54) is 6.07 Å². The van der Waals surface area contributed by atoms with Crippen LogP contribution in [0.15, 0.2) is 23.3 Å². The van der Waals surface area contributed by atoms with Crippen LogP contribution < -0.4 is 10.7 Å². The summed E-state index contributed by atoms with van der Waals surface area (Å²) in [7, 11) is 0. The predicted molar refractivity (Wildman–Crippen MR) is 103 cm³/mol. The highest BCUT2D eigenvalue weighted by molar-refractivity contribution is 6.36. The summed E-state index contributed by atoms with van der Waals surface area (Å²) in [5, 5.41) is 7.46. The molecular formula is C18H21Cl2N3O3. The molecule has 8 heteroatoms. The van der Waals surface area contributed by atoms with Gasteiger partial charge in [0.1, 0.15) is 5.78 Å². The van der Waals surface area contributed by atoms with E-state index in [1.807, 2.05) is 13.8 Å². The second kappa shape index (κ2) is 8.64. The minimum absolute atomic E-state index is 0.0138. The molecule has 1 aromatic rings. The third-order valence-electron chi connectivity index (χ3n) is 3.88. The van der Waals surface area contributed by atoms with Crippen molar-refractivity contribution in [3.05, 3.63) is 28.2 Å². The normalized spacial score (nSPS) is 17.8. The van der Waals surface area contributed by atoms with E-state index in [4.69, 9.17) is 23.2 Å². The summed E-state index contributed by atoms with van der Waals surface area (Å²) in [5.41, 5.74) is 3.38. The molecule has 0 atom stereocenters. The standard InChI is InChI=1S/C18H21Cl2N3O3/c1-18(2)9-12(8-13(24)10-18)22-23-17(26)6-5-16(25)21-15-4-3-11(19)7-14(15)20/h3-4,7H,5-6,8-10H2,1-2H3,(H,21,25)(H,23,26)/b22-12+. The van der Waals surface area contributed by atoms with Crippen molar-refractivity contribution in [1.29, 1.82) is 0 Å². The van der Waals surface area contributed by atoms with E-state index in [2.05, 4.69) is 15.8 Å². The highest BCUT2D eigenvalue weighted by Gasteiger charge is 2.30. The molecule has 2 amide bonds. The number of amides is 2. The van der Waals surface area contributed by atoms with Crippen molar-refractivity contribution in [2.24, 2.45) is 10.5 Å². The first kappa shape index (κ1) is 20.4. The zero-order valence-electron chi connectivity index (χ0n) is 14.7. The van der Waals surface area contributed by atoms with Crippen LogP contribution in [0.2, 0.25) is 10.0 Å². The van der Waals surface area contributed by atoms with Gasteiger partial charge in [0, 0.05) is 36.4 Å². The Morgan fingerprint density at radius 3 is 2.50 bits per heavy atom. The van der Waals surface area contributed by atoms with Gasteiger partial charge in [-0.2, -0.15) is 5.10 Å². The fourth-order valence-corrected chi connectivity index (χ4v) is 3.26. The lowest BCUT2D eigenvalue weighted by Crippen LogP contribution is -2.31. The van der Waals surface area contributed by atoms with Crippen LogP contribution in [-0.2, 0) is 14.4 Å². The molecule has 0 radical (unpaired) electrons. The summed E-state index contributed by atoms with van der Waals surface area (Å²) in [6, 6.07) is 4.73. The highest BCUT2D eigenvalue weighted by Crippen LogP contribution is 2.31. The van der Waals surface area contributed by atoms with Crippen molar-refractivity contribution in [2.45, 2.75) is 46.0 Å². The molecule has 140 valence electrons. The number of carbonyl (C=O) groups is 3. The number of anilines is 1. The van der Waals surface area contributed by atoms with Gasteiger partial charge in [-0.3, -0.25) is 14.4 Å². The van der Waals surface area contributed by atoms with Crippen LogP contribution >= 0.6 is 23.2 Å². The van der Waals surface area contributed by atoms with Gasteiger partial charge in [0.05, 0.1) is 10.7 Å². The van der Waals surface area contributed by atoms with E-state index >= 15 is 0 Å². The van der Waals surface area contributed by atoms with E-state index in [0.29, 0.717) is 34.3 Å². The van der Waals surface area contributed by atoms with E-state index in [0.717, 1.165) is 0 Å². The molecule has 0 saturated heterocycles. The molecule has 0 unspecified atom stereocenters. The van der Waals surface area contributed by atoms with E-state index in [1.54, 1.807) is 12.1 Å². The van der Waals surface area contributed by atoms with Gasteiger partial charge in [0.15, 0.2) is 0 Å². The van der Waals surface area contributed by atoms with Gasteiger partial charge in [-0.05, 0) is 30.0 Å². The molecule has 1 saturated carbocycles. The Bertz CT molecular complexity index is 760. The van der Waals surface area contributed by atoms with Crippen molar-refractivity contribution in [2.75, 3.05) is 5.32 Å². The number of ketones is 1. The molecule has 1 aromatic carbocycles. The highest BCUT2D eigenvalue weighted by atomic mass is 35.5. The summed E-state index contributed by atoms with van der Waals surface area (Å²) >= 11 is 11.8. The van der Waals surface area contributed by atoms with Crippen molar-refractivity contribution < 1.29 is 14.4 Å². The summed E-state index contributed by atoms with van der Waals surface area (Å²) in [4.78, 5) is 35.5. The van der Waals surface area contributed by atoms with Gasteiger partial charge in [0.25, 0.3) is 0 Å². The average Bonchev–Trinajstić information content (AvgIpc) is 2.52. The van der Waals surface area contributed by atoms with Gasteiger partial charge < -0.3 is 5.32 Å². The fourth-order valence-electron chi connectivity index (χ4n) is 2.81. The summed E-state index contributed by atoms with van der Waals surface area (Å²) in [6.07, 6.45) is 1.41. The molecule has 1 aliphatic rings. The van der Waals surface area contributed by atoms with Crippen LogP contribution in [0, 0.1) is 5.41 Å². The number of hydrazone groups is 1. The molecule has 0 bridgehead atoms. The van der Waals surface area contributed by atoms with Crippen molar-refractivity contribution in [3.8, 4) is 0 Å². The number of benzene rings is 1. The molecule has 0 heterocycles. The van der Waals surface area contributed by atoms with Crippen LogP contribution in [0.4, 0.5) is 5.69 Å². The molecule has 1 fully saturated rings. The first-order chi connectivity index (χ1) is 12.1. The number of nitrogens with zero attached hydrogens (tertiary/aromatic N) is 1. The zero-order chi connectivity index (χ0) is 19.3. The molecular weight excluding hydrogens is 377 g/mol. The fraction of sp³-hybridized carbons (Fsp3) is 0.444. The lowest BCUT2D eigenvalue weighted by molar-refractivity contribution is -0.124. The Morgan fingerprint density at radius 2 is 1.85 bits per heavy atom. The van der Waals surface area contributed by atoms with Crippen LogP contribution in [0.5, 0.6) is 0 Å². The van der Waals surface area contributed by atoms with Gasteiger partial charge in [-0.1, -0.05) is 37.0 Å². The zero-order valence-corrected chi connectivity index (χ0v) is 16.2. The van der Waals surface area contributed by atoms with E-state index in [-0.39, 0.29) is 42.3 Å². The molecule has 0 aliphatic heterocycles. The molecule has 1 aliphatic carbocycles. The SMILES string of the molecule is CC1(C)CC(=O)C/C(=N\NC(=O)CCC(=O)Nc2ccc(Cl)cc2Cl)C1. The van der Waals surface area contributed by atoms with Crippen molar-refractivity contribution >= 4 is 52.2 Å². The number of Topliss-reactive ketones (excluding diaryl/α,β-unsaturated/α-hetero) is 1. The monoisotopic (exact) mass is 397 g/mol. The number of hydrogen-bond acceptors (Lipinski definition) is 4. The first-order valence-corrected chi connectivity index (χ1v) is 9.01. The smallest absolute Gasteiger partial charge is 0.240 e. The minimum atomic E-state index is -0.384. The maximum Gasteiger partial charge on any atom is 0.240 e. The minimum Gasteiger partial charge on any atom is -0.325 e. The topological polar surface area (TPSA) is 87.6 Å². The van der Waals surface area contributed by atoms with Crippen molar-refractivity contribution in [3.63, 3.8) is 0 Å². The average molecular weight is 398 g/mol. The Morgan fingerprint density at radius 1 is 1.15 bits per heavy atom. The van der Waals surface area contributed by atoms with Crippen LogP contribution in [-0.4, -0.2) is 23.3 Å². The Hall–Kier alpha value is -1.92. The second-order valence-electron chi connectivity index (χ2n) is 7.12. The Kier molecular flexibility index (Phi) is 6.78. The van der Waals surface area contributed by atoms with Gasteiger partial charge in [-0.15, -0.1) is 0 Å². The molecule has 0 spiro atoms. The first-order valence-electron chi connectivity index (χ1n) is 8.25. The third kappa shape index (κ3) is 6.42. The van der Waals surface area contributed by atoms with Gasteiger partial charge in [-0.25, -0.2) is 5.43 Å². The van der Waals surface area contributed by atoms with E-state index in [9.17, 15) is 14.4 Å². The predicted octanol–water partition coefficient (Wildman–Crippen LogP) is 3.96. The second-order valence-corrected chi connectivity index (χ2v) is 7.96. The summed E-state index contributed by atoms with van der Waals surface area (Å²) in [5.74, 6) is -0.606. The number of rotatable bonds is 5. The molecule has 2 N–H and O–H groups in total. The number of carbonyl (C=O) groups excluding carboxylic acids is 3. The largest absolute Gasteiger partial charge is 0.325 e. The lowest BCUT2D eigenvalue weighted by atomic mass is 9.76. The Labute approximate surface area is 162 Å². The van der Waals surface area contributed by atoms with Gasteiger partial charge >= 0.3 is 0 Å². The quantitative estimate of drug-likeness (QED) is 0.736. The lowest BCUT2D eigenvalue weighted by Gasteiger charge is -2.28. The summed E-state index contributed by atoms with van der Waals surface area (Å²) < 4.78 is 0. The van der Waals surface area contributed by atoms with Crippen LogP contribution in [0.3, 0.4) is 0 Å². The summed E-state index contributed by atoms with van der Waals surface area (Å²) in [6.45, 7) is 3.99. The molecule has 26 heavy (non-hydrogen) atoms.